The Morgan fingerprint density at radius 1 is 0.836 bits per heavy atom. The van der Waals surface area contributed by atoms with E-state index in [1.54, 1.807) is 0 Å². The Hall–Kier alpha value is -5.10. The molecule has 10 rings (SSSR count). The molecule has 4 fully saturated rings. The summed E-state index contributed by atoms with van der Waals surface area (Å²) in [6.07, 6.45) is 18.5. The molecular formula is C49H59N7O4S. The third kappa shape index (κ3) is 9.10. The summed E-state index contributed by atoms with van der Waals surface area (Å²) in [6, 6.07) is 17.9. The van der Waals surface area contributed by atoms with Crippen LogP contribution in [0, 0.1) is 30.1 Å². The van der Waals surface area contributed by atoms with E-state index in [-0.39, 0.29) is 17.8 Å². The Balaban J connectivity index is 0.917. The van der Waals surface area contributed by atoms with E-state index < -0.39 is 0 Å². The predicted molar refractivity (Wildman–Crippen MR) is 241 cm³/mol. The number of para-hydroxylation sites is 1. The molecule has 4 saturated carbocycles. The lowest BCUT2D eigenvalue weighted by Gasteiger charge is -2.56. The van der Waals surface area contributed by atoms with Gasteiger partial charge in [-0.15, -0.1) is 0 Å². The van der Waals surface area contributed by atoms with Crippen molar-refractivity contribution >= 4 is 50.3 Å². The van der Waals surface area contributed by atoms with Crippen molar-refractivity contribution in [3.05, 3.63) is 88.9 Å². The van der Waals surface area contributed by atoms with Crippen molar-refractivity contribution in [2.45, 2.75) is 116 Å². The van der Waals surface area contributed by atoms with Gasteiger partial charge in [-0.25, -0.2) is 9.97 Å². The average molecular weight is 842 g/mol. The van der Waals surface area contributed by atoms with Crippen LogP contribution in [0.2, 0.25) is 0 Å². The van der Waals surface area contributed by atoms with E-state index in [9.17, 15) is 14.4 Å². The highest BCUT2D eigenvalue weighted by atomic mass is 32.1. The highest BCUT2D eigenvalue weighted by molar-refractivity contribution is 7.22. The number of pyridine rings is 1. The van der Waals surface area contributed by atoms with E-state index in [1.165, 1.54) is 57.0 Å². The first kappa shape index (κ1) is 41.3. The number of hydrogen-bond acceptors (Lipinski definition) is 9. The number of methoxy groups -OCH3 is 1. The molecule has 11 nitrogen and oxygen atoms in total. The third-order valence-corrected chi connectivity index (χ3v) is 15.0. The summed E-state index contributed by atoms with van der Waals surface area (Å²) >= 11 is 1.47. The fourth-order valence-corrected chi connectivity index (χ4v) is 12.3. The summed E-state index contributed by atoms with van der Waals surface area (Å²) in [5.41, 5.74) is 7.19. The maximum absolute atomic E-state index is 14.2. The summed E-state index contributed by atoms with van der Waals surface area (Å²) in [7, 11) is 1.44. The minimum absolute atomic E-state index is 0.141. The smallest absolute Gasteiger partial charge is 0.305 e. The maximum Gasteiger partial charge on any atom is 0.305 e. The number of nitrogens with one attached hydrogen (secondary N) is 2. The van der Waals surface area contributed by atoms with Gasteiger partial charge in [0.15, 0.2) is 5.13 Å². The van der Waals surface area contributed by atoms with Crippen LogP contribution in [0.15, 0.2) is 60.8 Å². The topological polar surface area (TPSA) is 131 Å². The average Bonchev–Trinajstić information content (AvgIpc) is 3.84. The highest BCUT2D eigenvalue weighted by Crippen LogP contribution is 2.60. The predicted octanol–water partition coefficient (Wildman–Crippen LogP) is 9.92. The summed E-state index contributed by atoms with van der Waals surface area (Å²) in [5, 5.41) is 11.8. The van der Waals surface area contributed by atoms with Crippen LogP contribution in [0.4, 0.5) is 10.9 Å². The zero-order valence-corrected chi connectivity index (χ0v) is 36.5. The molecule has 320 valence electrons. The van der Waals surface area contributed by atoms with Crippen LogP contribution in [0.1, 0.15) is 128 Å². The van der Waals surface area contributed by atoms with Gasteiger partial charge in [0.25, 0.3) is 11.8 Å². The summed E-state index contributed by atoms with van der Waals surface area (Å²) in [6.45, 7) is 4.88. The van der Waals surface area contributed by atoms with Gasteiger partial charge in [-0.1, -0.05) is 67.7 Å². The number of thiazole rings is 1. The summed E-state index contributed by atoms with van der Waals surface area (Å²) < 4.78 is 7.99. The molecule has 4 bridgehead atoms. The first-order valence-electron chi connectivity index (χ1n) is 22.7. The number of carbonyl (C=O) groups is 3. The lowest BCUT2D eigenvalue weighted by molar-refractivity contribution is -0.140. The van der Waals surface area contributed by atoms with E-state index in [4.69, 9.17) is 14.8 Å². The molecule has 61 heavy (non-hydrogen) atoms. The minimum Gasteiger partial charge on any atom is -0.469 e. The fourth-order valence-electron chi connectivity index (χ4n) is 11.4. The number of rotatable bonds is 17. The van der Waals surface area contributed by atoms with Gasteiger partial charge in [0, 0.05) is 55.0 Å². The Kier molecular flexibility index (Phi) is 12.2. The molecule has 0 unspecified atom stereocenters. The molecule has 2 amide bonds. The number of aromatic nitrogens is 4. The van der Waals surface area contributed by atoms with E-state index in [0.29, 0.717) is 53.7 Å². The number of carbonyl (C=O) groups excluding carboxylic acids is 3. The second-order valence-corrected chi connectivity index (χ2v) is 19.4. The standard InChI is InChI=1S/C49H59N7O4S/c1-32-39(29-51-56(32)31-49-26-33-23-34(27-49)25-35(24-33)28-49)37-18-19-43(53-45(37)47(59)50-21-11-7-5-3-4-6-8-17-44(57)60-2)55-22-20-36-13-12-14-38(40(36)30-55)46(58)54-48-52-41-15-9-10-16-42(41)61-48/h9-10,12-16,18-19,29,33-35H,3-8,11,17,20-28,30-31H2,1-2H3,(H,50,59)(H,52,54,58). The van der Waals surface area contributed by atoms with Crippen LogP contribution in [0.3, 0.4) is 0 Å². The van der Waals surface area contributed by atoms with Crippen LogP contribution in [-0.2, 0) is 29.0 Å². The molecule has 4 heterocycles. The van der Waals surface area contributed by atoms with Gasteiger partial charge >= 0.3 is 5.97 Å². The molecule has 2 aromatic carbocycles. The van der Waals surface area contributed by atoms with Crippen molar-refractivity contribution in [3.8, 4) is 11.1 Å². The van der Waals surface area contributed by atoms with Crippen molar-refractivity contribution in [1.29, 1.82) is 0 Å². The van der Waals surface area contributed by atoms with Crippen LogP contribution in [0.25, 0.3) is 21.3 Å². The zero-order valence-electron chi connectivity index (χ0n) is 35.7. The molecule has 0 radical (unpaired) electrons. The van der Waals surface area contributed by atoms with Gasteiger partial charge in [0.1, 0.15) is 11.5 Å². The largest absolute Gasteiger partial charge is 0.469 e. The molecule has 12 heteroatoms. The number of amides is 2. The Bertz CT molecular complexity index is 2330. The molecule has 0 saturated heterocycles. The highest BCUT2D eigenvalue weighted by Gasteiger charge is 2.51. The number of hydrogen-bond donors (Lipinski definition) is 2. The molecule has 1 aliphatic heterocycles. The van der Waals surface area contributed by atoms with E-state index in [1.807, 2.05) is 48.7 Å². The minimum atomic E-state index is -0.180. The van der Waals surface area contributed by atoms with Crippen molar-refractivity contribution in [1.82, 2.24) is 25.1 Å². The Labute approximate surface area is 363 Å². The third-order valence-electron chi connectivity index (χ3n) is 14.1. The van der Waals surface area contributed by atoms with Crippen molar-refractivity contribution < 1.29 is 19.1 Å². The summed E-state index contributed by atoms with van der Waals surface area (Å²) in [5.74, 6) is 2.83. The first-order valence-corrected chi connectivity index (χ1v) is 23.5. The fraction of sp³-hybridized carbons (Fsp3) is 0.510. The van der Waals surface area contributed by atoms with Gasteiger partial charge in [-0.3, -0.25) is 24.4 Å². The molecule has 5 aromatic rings. The van der Waals surface area contributed by atoms with Gasteiger partial charge < -0.3 is 15.0 Å². The van der Waals surface area contributed by atoms with Crippen LogP contribution >= 0.6 is 11.3 Å². The van der Waals surface area contributed by atoms with Crippen LogP contribution in [0.5, 0.6) is 0 Å². The number of unbranched alkanes of at least 4 members (excludes halogenated alkanes) is 6. The summed E-state index contributed by atoms with van der Waals surface area (Å²) in [4.78, 5) is 51.4. The van der Waals surface area contributed by atoms with E-state index >= 15 is 0 Å². The Morgan fingerprint density at radius 2 is 1.57 bits per heavy atom. The van der Waals surface area contributed by atoms with Crippen molar-refractivity contribution in [2.75, 3.05) is 30.4 Å². The van der Waals surface area contributed by atoms with Crippen molar-refractivity contribution in [3.63, 3.8) is 0 Å². The number of esters is 1. The molecule has 2 N–H and O–H groups in total. The van der Waals surface area contributed by atoms with Crippen LogP contribution < -0.4 is 15.5 Å². The molecule has 0 spiro atoms. The molecule has 3 aromatic heterocycles. The second-order valence-electron chi connectivity index (χ2n) is 18.4. The van der Waals surface area contributed by atoms with Gasteiger partial charge in [0.2, 0.25) is 0 Å². The first-order chi connectivity index (χ1) is 29.7. The van der Waals surface area contributed by atoms with Gasteiger partial charge in [0.05, 0.1) is 23.5 Å². The van der Waals surface area contributed by atoms with E-state index in [2.05, 4.69) is 44.3 Å². The molecular weight excluding hydrogens is 783 g/mol. The normalized spacial score (nSPS) is 21.4. The number of fused-ring (bicyclic) bond motifs is 2. The maximum atomic E-state index is 14.2. The second kappa shape index (κ2) is 18.1. The molecule has 4 aliphatic carbocycles. The lowest BCUT2D eigenvalue weighted by Crippen LogP contribution is -2.48. The lowest BCUT2D eigenvalue weighted by atomic mass is 9.49. The molecule has 5 aliphatic rings. The Morgan fingerprint density at radius 3 is 2.33 bits per heavy atom. The van der Waals surface area contributed by atoms with Gasteiger partial charge in [-0.2, -0.15) is 5.10 Å². The zero-order chi connectivity index (χ0) is 41.9. The van der Waals surface area contributed by atoms with Gasteiger partial charge in [-0.05, 0) is 129 Å². The molecule has 0 atom stereocenters. The number of benzene rings is 2. The van der Waals surface area contributed by atoms with E-state index in [0.717, 1.165) is 114 Å². The quantitative estimate of drug-likeness (QED) is 0.0699. The monoisotopic (exact) mass is 841 g/mol. The van der Waals surface area contributed by atoms with Crippen molar-refractivity contribution in [2.24, 2.45) is 23.2 Å². The number of anilines is 2. The SMILES string of the molecule is COC(=O)CCCCCCCCCNC(=O)c1nc(N2CCc3cccc(C(=O)Nc4nc5ccccc5s4)c3C2)ccc1-c1cnn(CC23CC4CC(CC(C4)C2)C3)c1C. The van der Waals surface area contributed by atoms with Crippen LogP contribution in [-0.4, -0.2) is 57.7 Å². The number of nitrogens with zero attached hydrogens (tertiary/aromatic N) is 5. The number of ether oxygens (including phenoxy) is 1.